The largest absolute Gasteiger partial charge is 0.494 e. The Morgan fingerprint density at radius 3 is 2.49 bits per heavy atom. The van der Waals surface area contributed by atoms with Crippen molar-refractivity contribution >= 4 is 23.5 Å². The molecule has 2 aliphatic rings. The summed E-state index contributed by atoms with van der Waals surface area (Å²) >= 11 is 0. The summed E-state index contributed by atoms with van der Waals surface area (Å²) in [6, 6.07) is 15.3. The normalized spacial score (nSPS) is 16.0. The van der Waals surface area contributed by atoms with Gasteiger partial charge in [-0.05, 0) is 68.5 Å². The second-order valence-electron chi connectivity index (χ2n) is 8.93. The van der Waals surface area contributed by atoms with Crippen molar-refractivity contribution in [2.24, 2.45) is 0 Å². The van der Waals surface area contributed by atoms with Gasteiger partial charge in [0.1, 0.15) is 5.75 Å². The van der Waals surface area contributed by atoms with Crippen LogP contribution in [0.1, 0.15) is 48.5 Å². The molecule has 35 heavy (non-hydrogen) atoms. The van der Waals surface area contributed by atoms with Crippen LogP contribution in [0, 0.1) is 0 Å². The summed E-state index contributed by atoms with van der Waals surface area (Å²) in [5, 5.41) is 5.44. The van der Waals surface area contributed by atoms with Crippen LogP contribution >= 0.6 is 0 Å². The topological polar surface area (TPSA) is 91.0 Å². The molecule has 2 heterocycles. The summed E-state index contributed by atoms with van der Waals surface area (Å²) in [5.74, 6) is 0.885. The third-order valence-corrected chi connectivity index (χ3v) is 6.56. The predicted octanol–water partition coefficient (Wildman–Crippen LogP) is 3.36. The Labute approximate surface area is 206 Å². The number of ether oxygens (including phenoxy) is 1. The van der Waals surface area contributed by atoms with E-state index in [9.17, 15) is 14.4 Å². The molecule has 0 radical (unpaired) electrons. The zero-order valence-corrected chi connectivity index (χ0v) is 20.3. The summed E-state index contributed by atoms with van der Waals surface area (Å²) in [6.45, 7) is 4.74. The fraction of sp³-hybridized carbons (Fsp3) is 0.444. The lowest BCUT2D eigenvalue weighted by Gasteiger charge is -2.41. The van der Waals surface area contributed by atoms with Gasteiger partial charge in [-0.2, -0.15) is 0 Å². The minimum absolute atomic E-state index is 0.00603. The molecule has 0 spiro atoms. The number of urea groups is 1. The number of carbonyl (C=O) groups is 3. The number of piperidine rings is 1. The lowest BCUT2D eigenvalue weighted by molar-refractivity contribution is -0.119. The molecule has 2 aliphatic heterocycles. The number of para-hydroxylation sites is 1. The zero-order valence-electron chi connectivity index (χ0n) is 20.3. The van der Waals surface area contributed by atoms with Crippen LogP contribution in [0.15, 0.2) is 48.5 Å². The SMILES string of the molecule is CCNC(=O)NCCCOc1ccc(C(=O)N2CCC(N3C(=O)CCc4ccccc43)CC2)cc1. The highest BCUT2D eigenvalue weighted by atomic mass is 16.5. The molecule has 2 N–H and O–H groups in total. The van der Waals surface area contributed by atoms with Crippen LogP contribution in [0.4, 0.5) is 10.5 Å². The fourth-order valence-corrected chi connectivity index (χ4v) is 4.74. The van der Waals surface area contributed by atoms with E-state index in [1.54, 1.807) is 24.3 Å². The van der Waals surface area contributed by atoms with Crippen molar-refractivity contribution in [3.05, 3.63) is 59.7 Å². The number of amides is 4. The Hall–Kier alpha value is -3.55. The van der Waals surface area contributed by atoms with E-state index >= 15 is 0 Å². The molecule has 0 aliphatic carbocycles. The first kappa shape index (κ1) is 24.6. The van der Waals surface area contributed by atoms with Crippen molar-refractivity contribution in [3.8, 4) is 5.75 Å². The van der Waals surface area contributed by atoms with Gasteiger partial charge in [0, 0.05) is 49.9 Å². The molecule has 1 fully saturated rings. The molecule has 4 amide bonds. The smallest absolute Gasteiger partial charge is 0.314 e. The summed E-state index contributed by atoms with van der Waals surface area (Å²) in [6.07, 6.45) is 3.59. The van der Waals surface area contributed by atoms with E-state index in [4.69, 9.17) is 4.74 Å². The molecular formula is C27H34N4O4. The Kier molecular flexibility index (Phi) is 8.23. The van der Waals surface area contributed by atoms with Gasteiger partial charge in [0.25, 0.3) is 5.91 Å². The zero-order chi connectivity index (χ0) is 24.6. The highest BCUT2D eigenvalue weighted by molar-refractivity contribution is 5.97. The molecule has 2 aromatic carbocycles. The predicted molar refractivity (Wildman–Crippen MR) is 135 cm³/mol. The van der Waals surface area contributed by atoms with E-state index in [1.165, 1.54) is 5.56 Å². The lowest BCUT2D eigenvalue weighted by Crippen LogP contribution is -2.50. The van der Waals surface area contributed by atoms with E-state index in [2.05, 4.69) is 16.7 Å². The number of aryl methyl sites for hydroxylation is 1. The highest BCUT2D eigenvalue weighted by Gasteiger charge is 2.33. The Balaban J connectivity index is 1.24. The fourth-order valence-electron chi connectivity index (χ4n) is 4.74. The molecule has 8 heteroatoms. The van der Waals surface area contributed by atoms with Gasteiger partial charge < -0.3 is 25.2 Å². The van der Waals surface area contributed by atoms with E-state index in [0.717, 1.165) is 24.9 Å². The molecule has 0 saturated carbocycles. The van der Waals surface area contributed by atoms with Crippen molar-refractivity contribution in [2.75, 3.05) is 37.7 Å². The second-order valence-corrected chi connectivity index (χ2v) is 8.93. The number of hydrogen-bond acceptors (Lipinski definition) is 4. The van der Waals surface area contributed by atoms with Gasteiger partial charge in [0.05, 0.1) is 6.61 Å². The van der Waals surface area contributed by atoms with Gasteiger partial charge in [-0.15, -0.1) is 0 Å². The van der Waals surface area contributed by atoms with Gasteiger partial charge >= 0.3 is 6.03 Å². The minimum atomic E-state index is -0.174. The Bertz CT molecular complexity index is 1030. The first-order chi connectivity index (χ1) is 17.1. The van der Waals surface area contributed by atoms with Gasteiger partial charge in [-0.25, -0.2) is 4.79 Å². The molecule has 4 rings (SSSR count). The number of nitrogens with one attached hydrogen (secondary N) is 2. The van der Waals surface area contributed by atoms with Gasteiger partial charge in [0.15, 0.2) is 0 Å². The maximum atomic E-state index is 13.0. The second kappa shape index (κ2) is 11.7. The van der Waals surface area contributed by atoms with Crippen molar-refractivity contribution < 1.29 is 19.1 Å². The average molecular weight is 479 g/mol. The molecule has 186 valence electrons. The van der Waals surface area contributed by atoms with Gasteiger partial charge in [0.2, 0.25) is 5.91 Å². The molecule has 8 nitrogen and oxygen atoms in total. The molecule has 0 bridgehead atoms. The lowest BCUT2D eigenvalue weighted by atomic mass is 9.95. The maximum Gasteiger partial charge on any atom is 0.314 e. The number of fused-ring (bicyclic) bond motifs is 1. The standard InChI is InChI=1S/C27H34N4O4/c1-2-28-27(34)29-16-5-19-35-23-11-8-21(9-12-23)26(33)30-17-14-22(15-18-30)31-24-7-4-3-6-20(24)10-13-25(31)32/h3-4,6-9,11-12,22H,2,5,10,13-19H2,1H3,(H2,28,29,34). The van der Waals surface area contributed by atoms with Gasteiger partial charge in [-0.3, -0.25) is 9.59 Å². The first-order valence-electron chi connectivity index (χ1n) is 12.5. The maximum absolute atomic E-state index is 13.0. The van der Waals surface area contributed by atoms with E-state index in [1.807, 2.05) is 34.9 Å². The van der Waals surface area contributed by atoms with Crippen LogP contribution < -0.4 is 20.3 Å². The number of rotatable bonds is 8. The molecule has 2 aromatic rings. The highest BCUT2D eigenvalue weighted by Crippen LogP contribution is 2.32. The summed E-state index contributed by atoms with van der Waals surface area (Å²) < 4.78 is 5.71. The summed E-state index contributed by atoms with van der Waals surface area (Å²) in [4.78, 5) is 40.9. The van der Waals surface area contributed by atoms with Crippen molar-refractivity contribution in [1.82, 2.24) is 15.5 Å². The molecular weight excluding hydrogens is 444 g/mol. The number of anilines is 1. The average Bonchev–Trinajstić information content (AvgIpc) is 2.89. The van der Waals surface area contributed by atoms with E-state index < -0.39 is 0 Å². The third kappa shape index (κ3) is 6.12. The van der Waals surface area contributed by atoms with Crippen LogP contribution in [0.3, 0.4) is 0 Å². The van der Waals surface area contributed by atoms with Crippen molar-refractivity contribution in [1.29, 1.82) is 0 Å². The quantitative estimate of drug-likeness (QED) is 0.570. The van der Waals surface area contributed by atoms with E-state index in [-0.39, 0.29) is 23.9 Å². The monoisotopic (exact) mass is 478 g/mol. The van der Waals surface area contributed by atoms with Crippen LogP contribution in [0.5, 0.6) is 5.75 Å². The van der Waals surface area contributed by atoms with Crippen LogP contribution in [0.2, 0.25) is 0 Å². The van der Waals surface area contributed by atoms with Crippen LogP contribution in [-0.4, -0.2) is 61.6 Å². The van der Waals surface area contributed by atoms with Gasteiger partial charge in [-0.1, -0.05) is 18.2 Å². The number of nitrogens with zero attached hydrogens (tertiary/aromatic N) is 2. The molecule has 1 saturated heterocycles. The third-order valence-electron chi connectivity index (χ3n) is 6.56. The number of likely N-dealkylation sites (tertiary alicyclic amines) is 1. The minimum Gasteiger partial charge on any atom is -0.494 e. The number of hydrogen-bond donors (Lipinski definition) is 2. The summed E-state index contributed by atoms with van der Waals surface area (Å²) in [7, 11) is 0. The molecule has 0 unspecified atom stereocenters. The van der Waals surface area contributed by atoms with Crippen LogP contribution in [0.25, 0.3) is 0 Å². The first-order valence-corrected chi connectivity index (χ1v) is 12.5. The van der Waals surface area contributed by atoms with Crippen LogP contribution in [-0.2, 0) is 11.2 Å². The van der Waals surface area contributed by atoms with Crippen molar-refractivity contribution in [2.45, 2.75) is 45.1 Å². The Morgan fingerprint density at radius 2 is 1.74 bits per heavy atom. The van der Waals surface area contributed by atoms with Crippen molar-refractivity contribution in [3.63, 3.8) is 0 Å². The Morgan fingerprint density at radius 1 is 1.00 bits per heavy atom. The summed E-state index contributed by atoms with van der Waals surface area (Å²) in [5.41, 5.74) is 2.89. The van der Waals surface area contributed by atoms with E-state index in [0.29, 0.717) is 56.9 Å². The number of carbonyl (C=O) groups excluding carboxylic acids is 3. The molecule has 0 atom stereocenters. The number of benzene rings is 2. The molecule has 0 aromatic heterocycles.